The maximum Gasteiger partial charge on any atom is 0.430 e. The second kappa shape index (κ2) is 5.68. The van der Waals surface area contributed by atoms with E-state index >= 15 is 0 Å². The van der Waals surface area contributed by atoms with E-state index in [0.29, 0.717) is 7.11 Å². The molecule has 0 saturated carbocycles. The van der Waals surface area contributed by atoms with E-state index in [2.05, 4.69) is 9.47 Å². The Balaban J connectivity index is 5.65. The zero-order chi connectivity index (χ0) is 14.6. The number of rotatable bonds is 4. The fourth-order valence-corrected chi connectivity index (χ4v) is 1.10. The average molecular weight is 269 g/mol. The number of aliphatic hydroxyl groups is 1. The van der Waals surface area contributed by atoms with Gasteiger partial charge in [0.2, 0.25) is 0 Å². The first-order chi connectivity index (χ1) is 8.16. The number of esters is 2. The number of nitriles is 1. The number of ether oxygens (including phenoxy) is 2. The molecule has 102 valence electrons. The summed E-state index contributed by atoms with van der Waals surface area (Å²) in [7, 11) is 0.582. The summed E-state index contributed by atoms with van der Waals surface area (Å²) in [6, 6.07) is 0.904. The molecule has 0 unspecified atom stereocenters. The minimum atomic E-state index is -5.56. The molecule has 18 heavy (non-hydrogen) atoms. The number of alkyl halides is 3. The van der Waals surface area contributed by atoms with Crippen molar-refractivity contribution in [2.45, 2.75) is 18.7 Å². The molecular formula is C9H10F3NO5. The summed E-state index contributed by atoms with van der Waals surface area (Å²) >= 11 is 0. The van der Waals surface area contributed by atoms with Crippen LogP contribution < -0.4 is 0 Å². The van der Waals surface area contributed by atoms with Gasteiger partial charge in [0.15, 0.2) is 5.92 Å². The summed E-state index contributed by atoms with van der Waals surface area (Å²) in [5.41, 5.74) is -4.26. The van der Waals surface area contributed by atoms with Gasteiger partial charge in [-0.05, 0) is 6.92 Å². The molecular weight excluding hydrogens is 259 g/mol. The Labute approximate surface area is 99.9 Å². The van der Waals surface area contributed by atoms with Crippen molar-refractivity contribution < 1.29 is 37.3 Å². The van der Waals surface area contributed by atoms with E-state index < -0.39 is 29.6 Å². The van der Waals surface area contributed by atoms with E-state index in [9.17, 15) is 27.9 Å². The summed E-state index contributed by atoms with van der Waals surface area (Å²) in [6.45, 7) is 0.975. The quantitative estimate of drug-likeness (QED) is 0.730. The van der Waals surface area contributed by atoms with E-state index in [1.54, 1.807) is 0 Å². The minimum Gasteiger partial charge on any atom is -0.467 e. The third-order valence-electron chi connectivity index (χ3n) is 2.00. The van der Waals surface area contributed by atoms with Gasteiger partial charge in [-0.3, -0.25) is 4.79 Å². The molecule has 0 radical (unpaired) electrons. The van der Waals surface area contributed by atoms with Gasteiger partial charge in [-0.25, -0.2) is 4.79 Å². The normalized spacial score (nSPS) is 16.1. The number of halogens is 3. The van der Waals surface area contributed by atoms with Crippen LogP contribution in [0.4, 0.5) is 13.2 Å². The lowest BCUT2D eigenvalue weighted by atomic mass is 9.87. The Bertz CT molecular complexity index is 375. The molecule has 0 aliphatic carbocycles. The maximum atomic E-state index is 12.7. The zero-order valence-corrected chi connectivity index (χ0v) is 9.45. The summed E-state index contributed by atoms with van der Waals surface area (Å²) in [5.74, 6) is -6.58. The first-order valence-corrected chi connectivity index (χ1v) is 4.60. The second-order valence-corrected chi connectivity index (χ2v) is 3.07. The highest BCUT2D eigenvalue weighted by Gasteiger charge is 2.68. The van der Waals surface area contributed by atoms with E-state index in [-0.39, 0.29) is 6.61 Å². The molecule has 9 heteroatoms. The molecule has 0 aliphatic heterocycles. The number of hydrogen-bond acceptors (Lipinski definition) is 6. The topological polar surface area (TPSA) is 96.6 Å². The van der Waals surface area contributed by atoms with Crippen LogP contribution in [-0.4, -0.2) is 42.5 Å². The minimum absolute atomic E-state index is 0.313. The Kier molecular flexibility index (Phi) is 5.11. The molecule has 0 heterocycles. The molecule has 0 fully saturated rings. The highest BCUT2D eigenvalue weighted by atomic mass is 19.4. The van der Waals surface area contributed by atoms with Crippen molar-refractivity contribution in [2.75, 3.05) is 13.7 Å². The van der Waals surface area contributed by atoms with Gasteiger partial charge in [-0.15, -0.1) is 0 Å². The third-order valence-corrected chi connectivity index (χ3v) is 2.00. The van der Waals surface area contributed by atoms with E-state index in [1.807, 2.05) is 0 Å². The first kappa shape index (κ1) is 16.2. The van der Waals surface area contributed by atoms with Crippen molar-refractivity contribution in [3.05, 3.63) is 0 Å². The fraction of sp³-hybridized carbons (Fsp3) is 0.667. The van der Waals surface area contributed by atoms with E-state index in [1.165, 1.54) is 6.92 Å². The molecule has 2 atom stereocenters. The third kappa shape index (κ3) is 2.70. The molecule has 0 aromatic carbocycles. The van der Waals surface area contributed by atoms with Crippen LogP contribution in [0, 0.1) is 17.2 Å². The van der Waals surface area contributed by atoms with Crippen molar-refractivity contribution in [1.82, 2.24) is 0 Å². The predicted molar refractivity (Wildman–Crippen MR) is 48.8 cm³/mol. The standard InChI is InChI=1S/C9H10F3NO5/c1-3-18-6(14)5(4-13)8(16,7(15)17-2)9(10,11)12/h5,16H,3H2,1-2H3/t5-,8-/m0/s1. The maximum absolute atomic E-state index is 12.7. The van der Waals surface area contributed by atoms with Crippen LogP contribution in [0.3, 0.4) is 0 Å². The number of nitrogens with zero attached hydrogens (tertiary/aromatic N) is 1. The van der Waals surface area contributed by atoms with Crippen LogP contribution in [0.25, 0.3) is 0 Å². The van der Waals surface area contributed by atoms with Crippen LogP contribution in [0.2, 0.25) is 0 Å². The molecule has 0 bridgehead atoms. The average Bonchev–Trinajstić information content (AvgIpc) is 2.27. The molecule has 0 rings (SSSR count). The van der Waals surface area contributed by atoms with Gasteiger partial charge in [0.05, 0.1) is 19.8 Å². The highest BCUT2D eigenvalue weighted by molar-refractivity contribution is 5.90. The Morgan fingerprint density at radius 1 is 1.44 bits per heavy atom. The van der Waals surface area contributed by atoms with Gasteiger partial charge < -0.3 is 14.6 Å². The SMILES string of the molecule is CCOC(=O)[C@H](C#N)[C@](O)(C(=O)OC)C(F)(F)F. The van der Waals surface area contributed by atoms with Crippen molar-refractivity contribution in [3.8, 4) is 6.07 Å². The first-order valence-electron chi connectivity index (χ1n) is 4.60. The van der Waals surface area contributed by atoms with E-state index in [4.69, 9.17) is 5.26 Å². The second-order valence-electron chi connectivity index (χ2n) is 3.07. The smallest absolute Gasteiger partial charge is 0.430 e. The Morgan fingerprint density at radius 3 is 2.22 bits per heavy atom. The van der Waals surface area contributed by atoms with Gasteiger partial charge in [0.1, 0.15) is 0 Å². The zero-order valence-electron chi connectivity index (χ0n) is 9.45. The van der Waals surface area contributed by atoms with Crippen LogP contribution in [0.5, 0.6) is 0 Å². The Hall–Kier alpha value is -1.82. The summed E-state index contributed by atoms with van der Waals surface area (Å²) in [6.07, 6.45) is -5.56. The van der Waals surface area contributed by atoms with Crippen molar-refractivity contribution in [2.24, 2.45) is 5.92 Å². The fourth-order valence-electron chi connectivity index (χ4n) is 1.10. The van der Waals surface area contributed by atoms with Crippen LogP contribution in [0.15, 0.2) is 0 Å². The van der Waals surface area contributed by atoms with Crippen LogP contribution in [0.1, 0.15) is 6.92 Å². The lowest BCUT2D eigenvalue weighted by molar-refractivity contribution is -0.272. The van der Waals surface area contributed by atoms with Gasteiger partial charge in [-0.2, -0.15) is 18.4 Å². The molecule has 0 amide bonds. The molecule has 0 saturated heterocycles. The summed E-state index contributed by atoms with van der Waals surface area (Å²) in [5, 5.41) is 17.9. The molecule has 0 aromatic heterocycles. The van der Waals surface area contributed by atoms with Crippen molar-refractivity contribution in [1.29, 1.82) is 5.26 Å². The lowest BCUT2D eigenvalue weighted by Crippen LogP contribution is -2.60. The number of carbonyl (C=O) groups excluding carboxylic acids is 2. The van der Waals surface area contributed by atoms with Gasteiger partial charge in [0.25, 0.3) is 5.60 Å². The van der Waals surface area contributed by atoms with Gasteiger partial charge in [-0.1, -0.05) is 0 Å². The van der Waals surface area contributed by atoms with Gasteiger partial charge >= 0.3 is 18.1 Å². The molecule has 0 aromatic rings. The van der Waals surface area contributed by atoms with Crippen molar-refractivity contribution >= 4 is 11.9 Å². The van der Waals surface area contributed by atoms with E-state index in [0.717, 1.165) is 6.07 Å². The largest absolute Gasteiger partial charge is 0.467 e. The molecule has 0 spiro atoms. The number of methoxy groups -OCH3 is 1. The predicted octanol–water partition coefficient (Wildman–Crippen LogP) is 0.156. The molecule has 1 N–H and O–H groups in total. The van der Waals surface area contributed by atoms with Crippen LogP contribution in [-0.2, 0) is 19.1 Å². The summed E-state index contributed by atoms with van der Waals surface area (Å²) in [4.78, 5) is 22.2. The highest BCUT2D eigenvalue weighted by Crippen LogP contribution is 2.37. The van der Waals surface area contributed by atoms with Crippen LogP contribution >= 0.6 is 0 Å². The number of hydrogen-bond donors (Lipinski definition) is 1. The molecule has 0 aliphatic rings. The van der Waals surface area contributed by atoms with Gasteiger partial charge in [0, 0.05) is 0 Å². The summed E-state index contributed by atoms with van der Waals surface area (Å²) < 4.78 is 46.0. The number of carbonyl (C=O) groups is 2. The molecule has 6 nitrogen and oxygen atoms in total. The monoisotopic (exact) mass is 269 g/mol. The van der Waals surface area contributed by atoms with Crippen molar-refractivity contribution in [3.63, 3.8) is 0 Å². The lowest BCUT2D eigenvalue weighted by Gasteiger charge is -2.29. The Morgan fingerprint density at radius 2 is 1.94 bits per heavy atom.